The van der Waals surface area contributed by atoms with Gasteiger partial charge in [0.1, 0.15) is 0 Å². The number of fused-ring (bicyclic) bond motifs is 5. The number of nitrogens with zero attached hydrogens (tertiary/aromatic N) is 1. The number of carbonyl (C=O) groups is 1. The van der Waals surface area contributed by atoms with Gasteiger partial charge in [0.15, 0.2) is 0 Å². The summed E-state index contributed by atoms with van der Waals surface area (Å²) >= 11 is 0. The van der Waals surface area contributed by atoms with Crippen LogP contribution in [0.5, 0.6) is 0 Å². The average Bonchev–Trinajstić information content (AvgIpc) is 3.14. The predicted molar refractivity (Wildman–Crippen MR) is 152 cm³/mol. The lowest BCUT2D eigenvalue weighted by atomic mass is 9.46. The summed E-state index contributed by atoms with van der Waals surface area (Å²) < 4.78 is 0.898. The molecule has 3 heteroatoms. The van der Waals surface area contributed by atoms with Gasteiger partial charge < -0.3 is 9.80 Å². The third-order valence-electron chi connectivity index (χ3n) is 11.8. The van der Waals surface area contributed by atoms with Crippen molar-refractivity contribution in [3.05, 3.63) is 11.6 Å². The summed E-state index contributed by atoms with van der Waals surface area (Å²) in [6.07, 6.45) is 17.2. The first kappa shape index (κ1) is 28.2. The third kappa shape index (κ3) is 5.62. The minimum Gasteiger partial charge on any atom is -0.350 e. The Balaban J connectivity index is 1.40. The molecule has 0 saturated heterocycles. The fourth-order valence-electron chi connectivity index (χ4n) is 9.57. The number of rotatable bonds is 9. The van der Waals surface area contributed by atoms with Crippen LogP contribution in [0.4, 0.5) is 0 Å². The van der Waals surface area contributed by atoms with E-state index >= 15 is 0 Å². The van der Waals surface area contributed by atoms with E-state index in [0.717, 1.165) is 65.9 Å². The van der Waals surface area contributed by atoms with Gasteiger partial charge in [0.25, 0.3) is 0 Å². The van der Waals surface area contributed by atoms with Crippen LogP contribution in [0, 0.1) is 52.3 Å². The Morgan fingerprint density at radius 1 is 1.03 bits per heavy atom. The topological polar surface area (TPSA) is 29.1 Å². The molecule has 3 nitrogen and oxygen atoms in total. The van der Waals surface area contributed by atoms with Gasteiger partial charge in [0.05, 0.1) is 34.2 Å². The van der Waals surface area contributed by atoms with E-state index < -0.39 is 0 Å². The van der Waals surface area contributed by atoms with Crippen LogP contribution < -0.4 is 5.32 Å². The smallest absolute Gasteiger partial charge is 0.223 e. The van der Waals surface area contributed by atoms with Gasteiger partial charge in [-0.1, -0.05) is 65.5 Å². The molecule has 4 rings (SSSR count). The maximum absolute atomic E-state index is 13.0. The minimum absolute atomic E-state index is 0.185. The Hall–Kier alpha value is -0.830. The first-order valence-electron chi connectivity index (χ1n) is 15.6. The van der Waals surface area contributed by atoms with Crippen molar-refractivity contribution in [3.8, 4) is 0 Å². The Kier molecular flexibility index (Phi) is 8.41. The van der Waals surface area contributed by atoms with Gasteiger partial charge >= 0.3 is 0 Å². The van der Waals surface area contributed by atoms with Crippen molar-refractivity contribution in [2.75, 3.05) is 34.2 Å². The number of hydrogen-bond donors (Lipinski definition) is 1. The van der Waals surface area contributed by atoms with E-state index in [1.807, 2.05) is 0 Å². The summed E-state index contributed by atoms with van der Waals surface area (Å²) in [7, 11) is 6.57. The molecular formula is C33H59N2O+. The summed E-state index contributed by atoms with van der Waals surface area (Å²) in [4.78, 5) is 13.0. The molecule has 4 aliphatic carbocycles. The zero-order valence-electron chi connectivity index (χ0n) is 25.2. The van der Waals surface area contributed by atoms with Crippen LogP contribution in [0.25, 0.3) is 0 Å². The number of hydrogen-bond acceptors (Lipinski definition) is 1. The molecule has 206 valence electrons. The molecular weight excluding hydrogens is 440 g/mol. The number of likely N-dealkylation sites (N-methyl/N-ethyl adjacent to an activating group) is 1. The summed E-state index contributed by atoms with van der Waals surface area (Å²) in [5, 5.41) is 3.26. The predicted octanol–water partition coefficient (Wildman–Crippen LogP) is 7.47. The Labute approximate surface area is 223 Å². The summed E-state index contributed by atoms with van der Waals surface area (Å²) in [6, 6.07) is 0. The van der Waals surface area contributed by atoms with Gasteiger partial charge in [-0.2, -0.15) is 0 Å². The van der Waals surface area contributed by atoms with Crippen LogP contribution in [0.3, 0.4) is 0 Å². The summed E-state index contributed by atoms with van der Waals surface area (Å²) in [5.41, 5.74) is 2.54. The molecule has 0 heterocycles. The monoisotopic (exact) mass is 499 g/mol. The SMILES string of the molecule is CC(C)CCC[C@@H](C)[C@H]1CC[C@H]2[C@@H]3CC=C4CC(C(=O)NCC[N+](C)(C)C)CC[C@]4(C)[C@H]3CC[C@]12C. The number of allylic oxidation sites excluding steroid dienone is 2. The van der Waals surface area contributed by atoms with E-state index in [-0.39, 0.29) is 5.92 Å². The molecule has 0 bridgehead atoms. The summed E-state index contributed by atoms with van der Waals surface area (Å²) in [6.45, 7) is 14.4. The normalized spacial score (nSPS) is 39.1. The summed E-state index contributed by atoms with van der Waals surface area (Å²) in [5.74, 6) is 5.77. The highest BCUT2D eigenvalue weighted by molar-refractivity contribution is 5.79. The second kappa shape index (κ2) is 10.7. The Morgan fingerprint density at radius 2 is 1.78 bits per heavy atom. The molecule has 1 N–H and O–H groups in total. The van der Waals surface area contributed by atoms with Crippen molar-refractivity contribution in [1.29, 1.82) is 0 Å². The van der Waals surface area contributed by atoms with Crippen molar-refractivity contribution in [2.24, 2.45) is 52.3 Å². The first-order valence-corrected chi connectivity index (χ1v) is 15.6. The first-order chi connectivity index (χ1) is 16.8. The molecule has 1 amide bonds. The van der Waals surface area contributed by atoms with Crippen LogP contribution in [-0.2, 0) is 4.79 Å². The van der Waals surface area contributed by atoms with Gasteiger partial charge in [-0.15, -0.1) is 0 Å². The molecule has 0 aromatic heterocycles. The lowest BCUT2D eigenvalue weighted by molar-refractivity contribution is -0.869. The molecule has 8 atom stereocenters. The number of quaternary nitrogens is 1. The third-order valence-corrected chi connectivity index (χ3v) is 11.8. The van der Waals surface area contributed by atoms with E-state index in [1.54, 1.807) is 5.57 Å². The van der Waals surface area contributed by atoms with E-state index in [4.69, 9.17) is 0 Å². The van der Waals surface area contributed by atoms with Gasteiger partial charge in [-0.25, -0.2) is 0 Å². The van der Waals surface area contributed by atoms with E-state index in [0.29, 0.717) is 16.7 Å². The molecule has 36 heavy (non-hydrogen) atoms. The maximum Gasteiger partial charge on any atom is 0.223 e. The fraction of sp³-hybridized carbons (Fsp3) is 0.909. The minimum atomic E-state index is 0.185. The van der Waals surface area contributed by atoms with E-state index in [9.17, 15) is 4.79 Å². The zero-order chi connectivity index (χ0) is 26.3. The van der Waals surface area contributed by atoms with Crippen molar-refractivity contribution in [2.45, 2.75) is 105 Å². The molecule has 0 aromatic carbocycles. The number of nitrogens with one attached hydrogen (secondary N) is 1. The molecule has 3 fully saturated rings. The largest absolute Gasteiger partial charge is 0.350 e. The van der Waals surface area contributed by atoms with Gasteiger partial charge in [-0.05, 0) is 97.7 Å². The molecule has 0 spiro atoms. The van der Waals surface area contributed by atoms with Crippen molar-refractivity contribution in [1.82, 2.24) is 5.32 Å². The van der Waals surface area contributed by atoms with E-state index in [2.05, 4.69) is 67.2 Å². The second-order valence-electron chi connectivity index (χ2n) is 15.5. The van der Waals surface area contributed by atoms with Crippen LogP contribution in [0.2, 0.25) is 0 Å². The highest BCUT2D eigenvalue weighted by atomic mass is 16.1. The Bertz CT molecular complexity index is 809. The molecule has 4 aliphatic rings. The highest BCUT2D eigenvalue weighted by Crippen LogP contribution is 2.67. The number of carbonyl (C=O) groups excluding carboxylic acids is 1. The maximum atomic E-state index is 13.0. The number of amides is 1. The second-order valence-corrected chi connectivity index (χ2v) is 15.5. The van der Waals surface area contributed by atoms with Gasteiger partial charge in [-0.3, -0.25) is 4.79 Å². The molecule has 0 radical (unpaired) electrons. The molecule has 0 aliphatic heterocycles. The van der Waals surface area contributed by atoms with E-state index in [1.165, 1.54) is 57.8 Å². The lowest BCUT2D eigenvalue weighted by Crippen LogP contribution is -2.51. The van der Waals surface area contributed by atoms with Crippen molar-refractivity contribution >= 4 is 5.91 Å². The lowest BCUT2D eigenvalue weighted by Gasteiger charge is -2.58. The standard InChI is InChI=1S/C33H58N2O/c1-23(2)10-9-11-24(3)28-14-15-29-27-13-12-26-22-25(31(36)34-20-21-35(6,7)8)16-18-32(26,4)30(27)17-19-33(28,29)5/h12,23-25,27-30H,9-11,13-22H2,1-8H3/p+1/t24-,25?,27+,28-,29+,30+,32+,33-/m1/s1. The quantitative estimate of drug-likeness (QED) is 0.259. The zero-order valence-corrected chi connectivity index (χ0v) is 25.2. The van der Waals surface area contributed by atoms with Crippen LogP contribution in [-0.4, -0.2) is 44.6 Å². The van der Waals surface area contributed by atoms with Crippen LogP contribution in [0.15, 0.2) is 11.6 Å². The average molecular weight is 500 g/mol. The van der Waals surface area contributed by atoms with Crippen molar-refractivity contribution in [3.63, 3.8) is 0 Å². The van der Waals surface area contributed by atoms with Gasteiger partial charge in [0.2, 0.25) is 5.91 Å². The van der Waals surface area contributed by atoms with Gasteiger partial charge in [0, 0.05) is 5.92 Å². The fourth-order valence-corrected chi connectivity index (χ4v) is 9.57. The highest BCUT2D eigenvalue weighted by Gasteiger charge is 2.59. The molecule has 3 saturated carbocycles. The van der Waals surface area contributed by atoms with Crippen molar-refractivity contribution < 1.29 is 9.28 Å². The Morgan fingerprint density at radius 3 is 2.47 bits per heavy atom. The molecule has 0 aromatic rings. The van der Waals surface area contributed by atoms with Crippen LogP contribution >= 0.6 is 0 Å². The molecule has 1 unspecified atom stereocenters. The van der Waals surface area contributed by atoms with Crippen LogP contribution in [0.1, 0.15) is 105 Å².